The standard InChI is InChI=1S/C33H24N4O2/c34-31(21-10-3-1-4-11-21)39-32(35)23-14-9-15-24(20-23)37-27-17-8-7-16-25(27)29-28(37)19-18-26-30(29)38-33(36-26)22-12-5-2-6-13-22/h1-20,32,34H,35H2. The summed E-state index contributed by atoms with van der Waals surface area (Å²) in [6, 6.07) is 39.5. The van der Waals surface area contributed by atoms with Crippen LogP contribution in [0.2, 0.25) is 0 Å². The van der Waals surface area contributed by atoms with Crippen molar-refractivity contribution in [3.8, 4) is 17.1 Å². The van der Waals surface area contributed by atoms with E-state index in [4.69, 9.17) is 25.3 Å². The molecule has 0 fully saturated rings. The molecule has 3 N–H and O–H groups in total. The smallest absolute Gasteiger partial charge is 0.227 e. The molecule has 1 unspecified atom stereocenters. The summed E-state index contributed by atoms with van der Waals surface area (Å²) in [5, 5.41) is 10.4. The first-order valence-electron chi connectivity index (χ1n) is 12.7. The topological polar surface area (TPSA) is 90.1 Å². The molecule has 2 aromatic heterocycles. The first-order chi connectivity index (χ1) is 19.2. The number of aromatic nitrogens is 2. The van der Waals surface area contributed by atoms with E-state index >= 15 is 0 Å². The number of ether oxygens (including phenoxy) is 1. The van der Waals surface area contributed by atoms with E-state index in [1.54, 1.807) is 0 Å². The van der Waals surface area contributed by atoms with E-state index in [0.717, 1.165) is 49.7 Å². The van der Waals surface area contributed by atoms with Crippen molar-refractivity contribution in [3.63, 3.8) is 0 Å². The molecule has 0 bridgehead atoms. The summed E-state index contributed by atoms with van der Waals surface area (Å²) in [6.07, 6.45) is -0.792. The van der Waals surface area contributed by atoms with Crippen LogP contribution in [0.15, 0.2) is 126 Å². The lowest BCUT2D eigenvalue weighted by atomic mass is 10.1. The van der Waals surface area contributed by atoms with E-state index in [0.29, 0.717) is 11.5 Å². The highest BCUT2D eigenvalue weighted by Crippen LogP contribution is 2.38. The summed E-state index contributed by atoms with van der Waals surface area (Å²) in [7, 11) is 0. The van der Waals surface area contributed by atoms with E-state index < -0.39 is 6.23 Å². The Morgan fingerprint density at radius 3 is 2.36 bits per heavy atom. The number of hydrogen-bond acceptors (Lipinski definition) is 5. The Kier molecular flexibility index (Phi) is 5.46. The summed E-state index contributed by atoms with van der Waals surface area (Å²) in [5.41, 5.74) is 13.4. The average molecular weight is 509 g/mol. The Morgan fingerprint density at radius 2 is 1.54 bits per heavy atom. The summed E-state index contributed by atoms with van der Waals surface area (Å²) < 4.78 is 14.4. The van der Waals surface area contributed by atoms with Crippen LogP contribution >= 0.6 is 0 Å². The van der Waals surface area contributed by atoms with Crippen molar-refractivity contribution in [1.29, 1.82) is 5.41 Å². The van der Waals surface area contributed by atoms with Crippen molar-refractivity contribution in [3.05, 3.63) is 132 Å². The van der Waals surface area contributed by atoms with Gasteiger partial charge in [-0.15, -0.1) is 0 Å². The molecule has 5 aromatic carbocycles. The third-order valence-corrected chi connectivity index (χ3v) is 6.95. The predicted octanol–water partition coefficient (Wildman–Crippen LogP) is 7.59. The van der Waals surface area contributed by atoms with Gasteiger partial charge in [-0.3, -0.25) is 11.1 Å². The summed E-state index contributed by atoms with van der Waals surface area (Å²) >= 11 is 0. The van der Waals surface area contributed by atoms with Crippen LogP contribution in [-0.4, -0.2) is 15.4 Å². The molecule has 0 aliphatic carbocycles. The highest BCUT2D eigenvalue weighted by Gasteiger charge is 2.20. The Hall–Kier alpha value is -5.20. The number of nitrogens with one attached hydrogen (secondary N) is 1. The SMILES string of the molecule is N=C(OC(N)c1cccc(-n2c3ccccc3c3c4oc(-c5ccccc5)nc4ccc32)c1)c1ccccc1. The normalized spacial score (nSPS) is 12.2. The van der Waals surface area contributed by atoms with Crippen molar-refractivity contribution in [2.24, 2.45) is 5.73 Å². The molecule has 0 saturated heterocycles. The lowest BCUT2D eigenvalue weighted by molar-refractivity contribution is 0.199. The molecule has 7 aromatic rings. The Balaban J connectivity index is 1.35. The maximum absolute atomic E-state index is 8.34. The molecule has 7 rings (SSSR count). The Labute approximate surface area is 224 Å². The zero-order chi connectivity index (χ0) is 26.3. The number of benzene rings is 5. The van der Waals surface area contributed by atoms with Gasteiger partial charge < -0.3 is 13.7 Å². The molecule has 0 aliphatic heterocycles. The van der Waals surface area contributed by atoms with Gasteiger partial charge in [0, 0.05) is 27.8 Å². The fourth-order valence-corrected chi connectivity index (χ4v) is 5.11. The summed E-state index contributed by atoms with van der Waals surface area (Å²) in [6.45, 7) is 0. The summed E-state index contributed by atoms with van der Waals surface area (Å²) in [5.74, 6) is 0.633. The van der Waals surface area contributed by atoms with Gasteiger partial charge in [0.15, 0.2) is 11.8 Å². The number of fused-ring (bicyclic) bond motifs is 5. The largest absolute Gasteiger partial charge is 0.454 e. The predicted molar refractivity (Wildman–Crippen MR) is 155 cm³/mol. The highest BCUT2D eigenvalue weighted by molar-refractivity contribution is 6.19. The Bertz CT molecular complexity index is 1970. The second kappa shape index (κ2) is 9.28. The van der Waals surface area contributed by atoms with E-state index in [1.807, 2.05) is 103 Å². The minimum Gasteiger partial charge on any atom is -0.454 e. The van der Waals surface area contributed by atoms with Crippen LogP contribution in [0.3, 0.4) is 0 Å². The molecule has 0 aliphatic rings. The minimum absolute atomic E-state index is 0.0345. The van der Waals surface area contributed by atoms with Gasteiger partial charge in [0.25, 0.3) is 0 Å². The van der Waals surface area contributed by atoms with Gasteiger partial charge in [-0.05, 0) is 54.6 Å². The van der Waals surface area contributed by atoms with E-state index in [-0.39, 0.29) is 5.90 Å². The van der Waals surface area contributed by atoms with Gasteiger partial charge in [0.05, 0.1) is 16.4 Å². The van der Waals surface area contributed by atoms with Crippen molar-refractivity contribution in [2.45, 2.75) is 6.23 Å². The molecule has 0 amide bonds. The molecular formula is C33H24N4O2. The fraction of sp³-hybridized carbons (Fsp3) is 0.0303. The molecule has 0 saturated carbocycles. The first kappa shape index (κ1) is 23.0. The molecular weight excluding hydrogens is 484 g/mol. The second-order valence-electron chi connectivity index (χ2n) is 9.37. The van der Waals surface area contributed by atoms with Gasteiger partial charge >= 0.3 is 0 Å². The lowest BCUT2D eigenvalue weighted by Gasteiger charge is -2.17. The molecule has 2 heterocycles. The fourth-order valence-electron chi connectivity index (χ4n) is 5.11. The van der Waals surface area contributed by atoms with Crippen molar-refractivity contribution >= 4 is 38.8 Å². The zero-order valence-corrected chi connectivity index (χ0v) is 20.9. The third-order valence-electron chi connectivity index (χ3n) is 6.95. The van der Waals surface area contributed by atoms with Crippen LogP contribution in [0.25, 0.3) is 50.0 Å². The lowest BCUT2D eigenvalue weighted by Crippen LogP contribution is -2.19. The molecule has 1 atom stereocenters. The molecule has 39 heavy (non-hydrogen) atoms. The molecule has 6 heteroatoms. The van der Waals surface area contributed by atoms with Crippen LogP contribution in [-0.2, 0) is 4.74 Å². The average Bonchev–Trinajstić information content (AvgIpc) is 3.57. The number of nitrogens with zero attached hydrogens (tertiary/aromatic N) is 2. The van der Waals surface area contributed by atoms with Crippen LogP contribution < -0.4 is 5.73 Å². The van der Waals surface area contributed by atoms with E-state index in [1.165, 1.54) is 0 Å². The van der Waals surface area contributed by atoms with Crippen LogP contribution in [0.5, 0.6) is 0 Å². The number of para-hydroxylation sites is 1. The van der Waals surface area contributed by atoms with Crippen molar-refractivity contribution in [1.82, 2.24) is 9.55 Å². The Morgan fingerprint density at radius 1 is 0.795 bits per heavy atom. The van der Waals surface area contributed by atoms with Gasteiger partial charge in [-0.1, -0.05) is 66.7 Å². The number of nitrogens with two attached hydrogens (primary N) is 1. The second-order valence-corrected chi connectivity index (χ2v) is 9.37. The third kappa shape index (κ3) is 3.95. The molecule has 188 valence electrons. The van der Waals surface area contributed by atoms with Crippen LogP contribution in [0.1, 0.15) is 17.4 Å². The van der Waals surface area contributed by atoms with Crippen LogP contribution in [0.4, 0.5) is 0 Å². The van der Waals surface area contributed by atoms with Crippen molar-refractivity contribution < 1.29 is 9.15 Å². The number of oxazole rings is 1. The van der Waals surface area contributed by atoms with E-state index in [2.05, 4.69) is 22.8 Å². The monoisotopic (exact) mass is 508 g/mol. The van der Waals surface area contributed by atoms with E-state index in [9.17, 15) is 0 Å². The van der Waals surface area contributed by atoms with Crippen molar-refractivity contribution in [2.75, 3.05) is 0 Å². The molecule has 0 radical (unpaired) electrons. The highest BCUT2D eigenvalue weighted by atomic mass is 16.5. The van der Waals surface area contributed by atoms with Crippen LogP contribution in [0, 0.1) is 5.41 Å². The quantitative estimate of drug-likeness (QED) is 0.142. The van der Waals surface area contributed by atoms with Gasteiger partial charge in [-0.2, -0.15) is 0 Å². The molecule has 6 nitrogen and oxygen atoms in total. The van der Waals surface area contributed by atoms with Gasteiger partial charge in [0.1, 0.15) is 5.52 Å². The number of hydrogen-bond donors (Lipinski definition) is 2. The number of rotatable bonds is 5. The van der Waals surface area contributed by atoms with Gasteiger partial charge in [-0.25, -0.2) is 4.98 Å². The maximum Gasteiger partial charge on any atom is 0.227 e. The summed E-state index contributed by atoms with van der Waals surface area (Å²) in [4.78, 5) is 4.78. The first-order valence-corrected chi connectivity index (χ1v) is 12.7. The zero-order valence-electron chi connectivity index (χ0n) is 20.9. The minimum atomic E-state index is -0.792. The maximum atomic E-state index is 8.34. The van der Waals surface area contributed by atoms with Gasteiger partial charge in [0.2, 0.25) is 11.8 Å². The molecule has 0 spiro atoms.